The second-order valence-electron chi connectivity index (χ2n) is 4.70. The molecule has 0 radical (unpaired) electrons. The summed E-state index contributed by atoms with van der Waals surface area (Å²) in [6.07, 6.45) is 10.5. The van der Waals surface area contributed by atoms with Gasteiger partial charge in [0.05, 0.1) is 0 Å². The van der Waals surface area contributed by atoms with E-state index in [4.69, 9.17) is 4.52 Å². The van der Waals surface area contributed by atoms with Gasteiger partial charge in [-0.3, -0.25) is 4.52 Å². The standard InChI is InChI=1S/C15H24O2P.Fe/c1-2-3-4-5-6-7-8-9-14-10-12-15(13-11-14)17-18-16;/h10-13,18H,2-9H2,1H3;/q+1;+2. The summed E-state index contributed by atoms with van der Waals surface area (Å²) >= 11 is 0. The molecule has 4 heteroatoms. The molecule has 1 unspecified atom stereocenters. The van der Waals surface area contributed by atoms with E-state index in [1.54, 1.807) is 0 Å². The van der Waals surface area contributed by atoms with Crippen molar-refractivity contribution in [2.45, 2.75) is 58.3 Å². The molecule has 0 aliphatic heterocycles. The Labute approximate surface area is 129 Å². The minimum atomic E-state index is -0.718. The molecule has 0 N–H and O–H groups in total. The summed E-state index contributed by atoms with van der Waals surface area (Å²) in [4.78, 5) is 0. The quantitative estimate of drug-likeness (QED) is 0.332. The van der Waals surface area contributed by atoms with Crippen LogP contribution in [0.1, 0.15) is 57.4 Å². The van der Waals surface area contributed by atoms with Crippen LogP contribution >= 0.6 is 8.69 Å². The second-order valence-corrected chi connectivity index (χ2v) is 5.07. The van der Waals surface area contributed by atoms with E-state index in [2.05, 4.69) is 19.1 Å². The SMILES string of the molecule is CCCCCCCCCc1ccc(O[PH+]=O)cc1.[Fe+2]. The number of hydrogen-bond acceptors (Lipinski definition) is 2. The summed E-state index contributed by atoms with van der Waals surface area (Å²) in [5.41, 5.74) is 1.34. The minimum absolute atomic E-state index is 0. The normalized spacial score (nSPS) is 10.2. The monoisotopic (exact) mass is 323 g/mol. The third-order valence-electron chi connectivity index (χ3n) is 3.15. The number of unbranched alkanes of at least 4 members (excludes halogenated alkanes) is 6. The average molecular weight is 323 g/mol. The van der Waals surface area contributed by atoms with Crippen molar-refractivity contribution in [1.29, 1.82) is 0 Å². The van der Waals surface area contributed by atoms with Crippen LogP contribution in [0.5, 0.6) is 5.75 Å². The first-order valence-corrected chi connectivity index (χ1v) is 7.81. The predicted octanol–water partition coefficient (Wildman–Crippen LogP) is 5.30. The third-order valence-corrected chi connectivity index (χ3v) is 3.47. The molecule has 0 bridgehead atoms. The Hall–Kier alpha value is -0.361. The summed E-state index contributed by atoms with van der Waals surface area (Å²) in [5, 5.41) is 0. The zero-order valence-electron chi connectivity index (χ0n) is 11.6. The van der Waals surface area contributed by atoms with Crippen molar-refractivity contribution >= 4 is 8.69 Å². The van der Waals surface area contributed by atoms with Crippen LogP contribution < -0.4 is 4.52 Å². The third kappa shape index (κ3) is 9.21. The van der Waals surface area contributed by atoms with Crippen LogP contribution in [0.25, 0.3) is 0 Å². The van der Waals surface area contributed by atoms with E-state index in [1.807, 2.05) is 12.1 Å². The molecule has 0 fully saturated rings. The molecule has 19 heavy (non-hydrogen) atoms. The van der Waals surface area contributed by atoms with E-state index in [9.17, 15) is 4.57 Å². The van der Waals surface area contributed by atoms with Crippen molar-refractivity contribution in [3.05, 3.63) is 29.8 Å². The molecule has 1 atom stereocenters. The Bertz CT molecular complexity index is 327. The molecular formula is C15H24FeO2P+3. The van der Waals surface area contributed by atoms with Gasteiger partial charge in [-0.2, -0.15) is 0 Å². The van der Waals surface area contributed by atoms with E-state index in [0.29, 0.717) is 5.75 Å². The van der Waals surface area contributed by atoms with Gasteiger partial charge in [0.15, 0.2) is 5.75 Å². The van der Waals surface area contributed by atoms with Crippen molar-refractivity contribution in [3.8, 4) is 5.75 Å². The molecular weight excluding hydrogens is 299 g/mol. The maximum absolute atomic E-state index is 10.3. The van der Waals surface area contributed by atoms with Gasteiger partial charge < -0.3 is 0 Å². The van der Waals surface area contributed by atoms with Gasteiger partial charge in [0.25, 0.3) is 0 Å². The molecule has 2 nitrogen and oxygen atoms in total. The van der Waals surface area contributed by atoms with Crippen LogP contribution in [-0.2, 0) is 28.1 Å². The van der Waals surface area contributed by atoms with Crippen LogP contribution in [0.3, 0.4) is 0 Å². The van der Waals surface area contributed by atoms with Crippen molar-refractivity contribution < 1.29 is 26.2 Å². The summed E-state index contributed by atoms with van der Waals surface area (Å²) in [6.45, 7) is 2.25. The molecule has 0 aromatic heterocycles. The van der Waals surface area contributed by atoms with Gasteiger partial charge in [-0.25, -0.2) is 0 Å². The summed E-state index contributed by atoms with van der Waals surface area (Å²) in [5.74, 6) is 0.687. The van der Waals surface area contributed by atoms with Gasteiger partial charge in [0, 0.05) is 0 Å². The first-order chi connectivity index (χ1) is 8.86. The molecule has 1 aromatic rings. The first kappa shape index (κ1) is 18.6. The average Bonchev–Trinajstić information content (AvgIpc) is 2.40. The number of benzene rings is 1. The van der Waals surface area contributed by atoms with Crippen molar-refractivity contribution in [2.24, 2.45) is 0 Å². The van der Waals surface area contributed by atoms with Gasteiger partial charge >= 0.3 is 25.8 Å². The number of rotatable bonds is 10. The van der Waals surface area contributed by atoms with Gasteiger partial charge in [0.2, 0.25) is 0 Å². The maximum atomic E-state index is 10.3. The van der Waals surface area contributed by atoms with Gasteiger partial charge in [-0.15, -0.1) is 0 Å². The zero-order valence-corrected chi connectivity index (χ0v) is 13.7. The predicted molar refractivity (Wildman–Crippen MR) is 77.8 cm³/mol. The Balaban J connectivity index is 0.00000324. The Morgan fingerprint density at radius 2 is 1.53 bits per heavy atom. The van der Waals surface area contributed by atoms with E-state index >= 15 is 0 Å². The van der Waals surface area contributed by atoms with E-state index in [-0.39, 0.29) is 17.1 Å². The molecule has 0 saturated carbocycles. The van der Waals surface area contributed by atoms with Crippen molar-refractivity contribution in [2.75, 3.05) is 0 Å². The Morgan fingerprint density at radius 1 is 0.947 bits per heavy atom. The summed E-state index contributed by atoms with van der Waals surface area (Å²) < 4.78 is 15.2. The van der Waals surface area contributed by atoms with Gasteiger partial charge in [0.1, 0.15) is 0 Å². The van der Waals surface area contributed by atoms with Crippen molar-refractivity contribution in [1.82, 2.24) is 0 Å². The molecule has 0 aliphatic rings. The van der Waals surface area contributed by atoms with E-state index in [0.717, 1.165) is 6.42 Å². The molecule has 0 aliphatic carbocycles. The maximum Gasteiger partial charge on any atom is 2.00 e. The van der Waals surface area contributed by atoms with E-state index in [1.165, 1.54) is 50.5 Å². The fourth-order valence-corrected chi connectivity index (χ4v) is 2.29. The summed E-state index contributed by atoms with van der Waals surface area (Å²) in [7, 11) is -0.718. The van der Waals surface area contributed by atoms with Crippen LogP contribution in [0.4, 0.5) is 0 Å². The molecule has 106 valence electrons. The van der Waals surface area contributed by atoms with Crippen molar-refractivity contribution in [3.63, 3.8) is 0 Å². The van der Waals surface area contributed by atoms with Crippen LogP contribution in [0, 0.1) is 0 Å². The fourth-order valence-electron chi connectivity index (χ4n) is 2.06. The largest absolute Gasteiger partial charge is 2.00 e. The van der Waals surface area contributed by atoms with Gasteiger partial charge in [-0.05, 0) is 35.1 Å². The van der Waals surface area contributed by atoms with Gasteiger partial charge in [-0.1, -0.05) is 57.6 Å². The Kier molecular flexibility index (Phi) is 12.4. The van der Waals surface area contributed by atoms with Crippen LogP contribution in [0.2, 0.25) is 0 Å². The first-order valence-electron chi connectivity index (χ1n) is 6.99. The van der Waals surface area contributed by atoms with Crippen LogP contribution in [0.15, 0.2) is 24.3 Å². The molecule has 0 spiro atoms. The van der Waals surface area contributed by atoms with Crippen LogP contribution in [-0.4, -0.2) is 0 Å². The fraction of sp³-hybridized carbons (Fsp3) is 0.600. The molecule has 0 amide bonds. The van der Waals surface area contributed by atoms with E-state index < -0.39 is 8.69 Å². The smallest absolute Gasteiger partial charge is 0.256 e. The zero-order chi connectivity index (χ0) is 13.1. The minimum Gasteiger partial charge on any atom is -0.256 e. The Morgan fingerprint density at radius 3 is 2.11 bits per heavy atom. The molecule has 0 heterocycles. The number of aryl methyl sites for hydroxylation is 1. The number of hydrogen-bond donors (Lipinski definition) is 0. The molecule has 0 saturated heterocycles. The topological polar surface area (TPSA) is 26.3 Å². The summed E-state index contributed by atoms with van der Waals surface area (Å²) in [6, 6.07) is 7.90. The molecule has 1 rings (SSSR count). The molecule has 1 aromatic carbocycles. The second kappa shape index (κ2) is 12.7.